The molecular weight excluding hydrogens is 368 g/mol. The Kier molecular flexibility index (Phi) is 4.68. The van der Waals surface area contributed by atoms with Gasteiger partial charge in [-0.15, -0.1) is 0 Å². The molecular formula is C22H26N4O3. The first-order chi connectivity index (χ1) is 13.9. The van der Waals surface area contributed by atoms with Gasteiger partial charge < -0.3 is 15.2 Å². The van der Waals surface area contributed by atoms with Crippen LogP contribution in [-0.4, -0.2) is 34.2 Å². The maximum absolute atomic E-state index is 12.8. The third-order valence-electron chi connectivity index (χ3n) is 5.50. The summed E-state index contributed by atoms with van der Waals surface area (Å²) >= 11 is 0. The number of hydrogen-bond acceptors (Lipinski definition) is 6. The van der Waals surface area contributed by atoms with Crippen LogP contribution in [0.3, 0.4) is 0 Å². The van der Waals surface area contributed by atoms with Crippen molar-refractivity contribution in [2.24, 2.45) is 0 Å². The number of nitrogens with two attached hydrogens (primary N) is 1. The van der Waals surface area contributed by atoms with Crippen LogP contribution >= 0.6 is 0 Å². The zero-order valence-corrected chi connectivity index (χ0v) is 17.5. The van der Waals surface area contributed by atoms with Crippen LogP contribution in [0.4, 0.5) is 5.82 Å². The summed E-state index contributed by atoms with van der Waals surface area (Å²) in [4.78, 5) is 22.5. The van der Waals surface area contributed by atoms with E-state index < -0.39 is 5.97 Å². The fraction of sp³-hybridized carbons (Fsp3) is 0.409. The number of benzene rings is 1. The third-order valence-corrected chi connectivity index (χ3v) is 5.50. The number of nitrogens with zero attached hydrogens (tertiary/aromatic N) is 3. The zero-order chi connectivity index (χ0) is 20.9. The standard InChI is InChI=1S/C22H26N4O3/c1-6-29-22(27)16-18-21(24-13(4)17(25-18)14-8-9-14)26(20(16)23)19-11(2)7-10-15(28-5)12(19)3/h7,10,14H,6,8-9,23H2,1-5H3. The molecule has 0 bridgehead atoms. The molecule has 1 aromatic carbocycles. The van der Waals surface area contributed by atoms with Crippen LogP contribution < -0.4 is 10.5 Å². The summed E-state index contributed by atoms with van der Waals surface area (Å²) in [6.07, 6.45) is 2.19. The SMILES string of the molecule is CCOC(=O)c1c(N)n(-c2c(C)ccc(OC)c2C)c2nc(C)c(C3CC3)nc12. The molecule has 7 heteroatoms. The number of anilines is 1. The van der Waals surface area contributed by atoms with Crippen molar-refractivity contribution in [1.82, 2.24) is 14.5 Å². The molecule has 3 aromatic rings. The predicted molar refractivity (Wildman–Crippen MR) is 112 cm³/mol. The van der Waals surface area contributed by atoms with Crippen molar-refractivity contribution in [3.05, 3.63) is 40.2 Å². The Morgan fingerprint density at radius 2 is 1.97 bits per heavy atom. The molecule has 0 spiro atoms. The lowest BCUT2D eigenvalue weighted by atomic mass is 10.1. The van der Waals surface area contributed by atoms with Crippen molar-refractivity contribution in [1.29, 1.82) is 0 Å². The van der Waals surface area contributed by atoms with Gasteiger partial charge in [-0.25, -0.2) is 14.8 Å². The number of esters is 1. The number of fused-ring (bicyclic) bond motifs is 1. The maximum atomic E-state index is 12.8. The molecule has 2 aromatic heterocycles. The monoisotopic (exact) mass is 394 g/mol. The second kappa shape index (κ2) is 7.06. The summed E-state index contributed by atoms with van der Waals surface area (Å²) < 4.78 is 12.6. The number of carbonyl (C=O) groups excluding carboxylic acids is 1. The molecule has 7 nitrogen and oxygen atoms in total. The van der Waals surface area contributed by atoms with Crippen molar-refractivity contribution in [3.8, 4) is 11.4 Å². The molecule has 2 heterocycles. The molecule has 1 aliphatic carbocycles. The van der Waals surface area contributed by atoms with E-state index in [1.165, 1.54) is 0 Å². The number of rotatable bonds is 5. The highest BCUT2D eigenvalue weighted by molar-refractivity contribution is 6.08. The molecule has 2 N–H and O–H groups in total. The molecule has 0 amide bonds. The average Bonchev–Trinajstić information content (AvgIpc) is 3.48. The lowest BCUT2D eigenvalue weighted by Crippen LogP contribution is -2.10. The van der Waals surface area contributed by atoms with Gasteiger partial charge in [0.25, 0.3) is 0 Å². The van der Waals surface area contributed by atoms with E-state index in [0.717, 1.165) is 46.8 Å². The van der Waals surface area contributed by atoms with Gasteiger partial charge in [-0.3, -0.25) is 4.57 Å². The Balaban J connectivity index is 2.09. The Bertz CT molecular complexity index is 1130. The lowest BCUT2D eigenvalue weighted by molar-refractivity contribution is 0.0529. The van der Waals surface area contributed by atoms with Crippen LogP contribution in [0.5, 0.6) is 5.75 Å². The van der Waals surface area contributed by atoms with E-state index >= 15 is 0 Å². The molecule has 1 aliphatic rings. The summed E-state index contributed by atoms with van der Waals surface area (Å²) in [5.41, 5.74) is 12.4. The first kappa shape index (κ1) is 19.2. The number of methoxy groups -OCH3 is 1. The number of nitrogen functional groups attached to an aromatic ring is 1. The van der Waals surface area contributed by atoms with Crippen molar-refractivity contribution >= 4 is 23.0 Å². The van der Waals surface area contributed by atoms with Crippen molar-refractivity contribution < 1.29 is 14.3 Å². The van der Waals surface area contributed by atoms with Crippen LogP contribution in [-0.2, 0) is 4.74 Å². The topological polar surface area (TPSA) is 92.3 Å². The first-order valence-electron chi connectivity index (χ1n) is 9.89. The Morgan fingerprint density at radius 3 is 2.59 bits per heavy atom. The smallest absolute Gasteiger partial charge is 0.344 e. The highest BCUT2D eigenvalue weighted by Gasteiger charge is 2.32. The summed E-state index contributed by atoms with van der Waals surface area (Å²) in [6, 6.07) is 3.89. The van der Waals surface area contributed by atoms with Gasteiger partial charge in [-0.2, -0.15) is 0 Å². The molecule has 1 fully saturated rings. The fourth-order valence-electron chi connectivity index (χ4n) is 3.95. The van der Waals surface area contributed by atoms with Gasteiger partial charge >= 0.3 is 5.97 Å². The molecule has 0 atom stereocenters. The maximum Gasteiger partial charge on any atom is 0.344 e. The van der Waals surface area contributed by atoms with E-state index in [-0.39, 0.29) is 18.0 Å². The molecule has 1 saturated carbocycles. The Labute approximate surface area is 169 Å². The van der Waals surface area contributed by atoms with E-state index in [2.05, 4.69) is 0 Å². The van der Waals surface area contributed by atoms with E-state index in [4.69, 9.17) is 25.2 Å². The summed E-state index contributed by atoms with van der Waals surface area (Å²) in [5.74, 6) is 0.952. The van der Waals surface area contributed by atoms with Gasteiger partial charge in [0.2, 0.25) is 0 Å². The molecule has 0 unspecified atom stereocenters. The molecule has 4 rings (SSSR count). The van der Waals surface area contributed by atoms with Crippen LogP contribution in [0.15, 0.2) is 12.1 Å². The minimum absolute atomic E-state index is 0.261. The number of aryl methyl sites for hydroxylation is 2. The van der Waals surface area contributed by atoms with Gasteiger partial charge in [-0.1, -0.05) is 6.07 Å². The Hall–Kier alpha value is -3.09. The van der Waals surface area contributed by atoms with Crippen LogP contribution in [0.1, 0.15) is 58.6 Å². The van der Waals surface area contributed by atoms with Crippen LogP contribution in [0.2, 0.25) is 0 Å². The number of carbonyl (C=O) groups is 1. The highest BCUT2D eigenvalue weighted by Crippen LogP contribution is 2.42. The molecule has 0 aliphatic heterocycles. The molecule has 0 radical (unpaired) electrons. The van der Waals surface area contributed by atoms with Crippen LogP contribution in [0.25, 0.3) is 16.9 Å². The largest absolute Gasteiger partial charge is 0.496 e. The van der Waals surface area contributed by atoms with Gasteiger partial charge in [0.05, 0.1) is 30.8 Å². The van der Waals surface area contributed by atoms with E-state index in [1.54, 1.807) is 14.0 Å². The van der Waals surface area contributed by atoms with E-state index in [0.29, 0.717) is 17.1 Å². The van der Waals surface area contributed by atoms with Gasteiger partial charge in [0, 0.05) is 11.5 Å². The van der Waals surface area contributed by atoms with E-state index in [1.807, 2.05) is 37.5 Å². The van der Waals surface area contributed by atoms with Gasteiger partial charge in [0.15, 0.2) is 5.65 Å². The zero-order valence-electron chi connectivity index (χ0n) is 17.5. The molecule has 0 saturated heterocycles. The predicted octanol–water partition coefficient (Wildman–Crippen LogP) is 3.99. The second-order valence-corrected chi connectivity index (χ2v) is 7.52. The first-order valence-corrected chi connectivity index (χ1v) is 9.89. The van der Waals surface area contributed by atoms with Crippen molar-refractivity contribution in [3.63, 3.8) is 0 Å². The second-order valence-electron chi connectivity index (χ2n) is 7.52. The summed E-state index contributed by atoms with van der Waals surface area (Å²) in [6.45, 7) is 7.96. The van der Waals surface area contributed by atoms with Gasteiger partial charge in [0.1, 0.15) is 22.6 Å². The fourth-order valence-corrected chi connectivity index (χ4v) is 3.95. The number of ether oxygens (including phenoxy) is 2. The average molecular weight is 394 g/mol. The van der Waals surface area contributed by atoms with Crippen LogP contribution in [0, 0.1) is 20.8 Å². The number of hydrogen-bond donors (Lipinski definition) is 1. The molecule has 152 valence electrons. The molecule has 29 heavy (non-hydrogen) atoms. The quantitative estimate of drug-likeness (QED) is 0.658. The van der Waals surface area contributed by atoms with Gasteiger partial charge in [-0.05, 0) is 52.2 Å². The minimum atomic E-state index is -0.480. The number of aromatic nitrogens is 3. The van der Waals surface area contributed by atoms with E-state index in [9.17, 15) is 4.79 Å². The Morgan fingerprint density at radius 1 is 1.24 bits per heavy atom. The van der Waals surface area contributed by atoms with Crippen molar-refractivity contribution in [2.75, 3.05) is 19.5 Å². The summed E-state index contributed by atoms with van der Waals surface area (Å²) in [5, 5.41) is 0. The highest BCUT2D eigenvalue weighted by atomic mass is 16.5. The van der Waals surface area contributed by atoms with Crippen molar-refractivity contribution in [2.45, 2.75) is 46.5 Å². The minimum Gasteiger partial charge on any atom is -0.496 e. The summed E-state index contributed by atoms with van der Waals surface area (Å²) in [7, 11) is 1.63. The lowest BCUT2D eigenvalue weighted by Gasteiger charge is -2.17. The normalized spacial score (nSPS) is 13.7. The third kappa shape index (κ3) is 3.01.